The normalized spacial score (nSPS) is 12.1. The van der Waals surface area contributed by atoms with Gasteiger partial charge in [-0.2, -0.15) is 0 Å². The summed E-state index contributed by atoms with van der Waals surface area (Å²) in [5, 5.41) is 11.9. The van der Waals surface area contributed by atoms with Crippen molar-refractivity contribution in [1.29, 1.82) is 0 Å². The van der Waals surface area contributed by atoms with Crippen LogP contribution >= 0.6 is 11.6 Å². The second-order valence-electron chi connectivity index (χ2n) is 5.49. The Balaban J connectivity index is 2.89. The van der Waals surface area contributed by atoms with Crippen molar-refractivity contribution in [3.63, 3.8) is 0 Å². The van der Waals surface area contributed by atoms with Crippen LogP contribution in [0.4, 0.5) is 10.5 Å². The highest BCUT2D eigenvalue weighted by Crippen LogP contribution is 2.24. The lowest BCUT2D eigenvalue weighted by molar-refractivity contribution is 0.0698. The van der Waals surface area contributed by atoms with Crippen molar-refractivity contribution < 1.29 is 14.7 Å². The zero-order valence-corrected chi connectivity index (χ0v) is 13.4. The van der Waals surface area contributed by atoms with Gasteiger partial charge >= 0.3 is 12.0 Å². The fourth-order valence-corrected chi connectivity index (χ4v) is 2.34. The monoisotopic (exact) mass is 312 g/mol. The van der Waals surface area contributed by atoms with Gasteiger partial charge in [-0.3, -0.25) is 0 Å². The average Bonchev–Trinajstić information content (AvgIpc) is 2.36. The highest BCUT2D eigenvalue weighted by molar-refractivity contribution is 6.34. The first-order chi connectivity index (χ1) is 9.73. The van der Waals surface area contributed by atoms with Crippen LogP contribution in [-0.4, -0.2) is 35.1 Å². The number of carbonyl (C=O) groups is 2. The molecule has 1 unspecified atom stereocenters. The van der Waals surface area contributed by atoms with E-state index >= 15 is 0 Å². The molecule has 1 aromatic carbocycles. The number of aromatic carboxylic acids is 1. The van der Waals surface area contributed by atoms with E-state index in [1.54, 1.807) is 18.0 Å². The number of anilines is 1. The van der Waals surface area contributed by atoms with Crippen LogP contribution in [0.1, 0.15) is 37.6 Å². The van der Waals surface area contributed by atoms with Crippen LogP contribution in [0.25, 0.3) is 0 Å². The summed E-state index contributed by atoms with van der Waals surface area (Å²) >= 11 is 5.87. The topological polar surface area (TPSA) is 69.6 Å². The van der Waals surface area contributed by atoms with Gasteiger partial charge in [0.1, 0.15) is 5.56 Å². The first kappa shape index (κ1) is 17.3. The lowest BCUT2D eigenvalue weighted by Gasteiger charge is -2.26. The van der Waals surface area contributed by atoms with Gasteiger partial charge in [-0.25, -0.2) is 9.59 Å². The second kappa shape index (κ2) is 7.31. The highest BCUT2D eigenvalue weighted by Gasteiger charge is 2.20. The molecule has 0 saturated heterocycles. The van der Waals surface area contributed by atoms with Gasteiger partial charge in [0.15, 0.2) is 0 Å². The van der Waals surface area contributed by atoms with Crippen molar-refractivity contribution >= 4 is 29.3 Å². The van der Waals surface area contributed by atoms with E-state index in [2.05, 4.69) is 19.2 Å². The van der Waals surface area contributed by atoms with E-state index in [9.17, 15) is 14.7 Å². The molecule has 1 atom stereocenters. The summed E-state index contributed by atoms with van der Waals surface area (Å²) in [5.41, 5.74) is 0.0982. The van der Waals surface area contributed by atoms with Crippen LogP contribution in [-0.2, 0) is 0 Å². The molecule has 0 aliphatic heterocycles. The largest absolute Gasteiger partial charge is 0.478 e. The fourth-order valence-electron chi connectivity index (χ4n) is 2.09. The van der Waals surface area contributed by atoms with Crippen LogP contribution in [0.3, 0.4) is 0 Å². The van der Waals surface area contributed by atoms with Crippen molar-refractivity contribution in [2.24, 2.45) is 5.92 Å². The number of carboxylic acid groups (broad SMARTS) is 1. The van der Waals surface area contributed by atoms with Gasteiger partial charge in [0, 0.05) is 13.1 Å². The Morgan fingerprint density at radius 1 is 1.33 bits per heavy atom. The maximum absolute atomic E-state index is 12.2. The van der Waals surface area contributed by atoms with E-state index in [1.165, 1.54) is 12.1 Å². The number of carboxylic acids is 1. The molecule has 0 bridgehead atoms. The van der Waals surface area contributed by atoms with Gasteiger partial charge in [0.25, 0.3) is 0 Å². The molecule has 1 aromatic rings. The number of rotatable bonds is 5. The summed E-state index contributed by atoms with van der Waals surface area (Å²) in [6.45, 7) is 6.12. The molecular formula is C15H21ClN2O3. The van der Waals surface area contributed by atoms with Gasteiger partial charge < -0.3 is 15.3 Å². The van der Waals surface area contributed by atoms with Crippen LogP contribution in [0.5, 0.6) is 0 Å². The number of halogens is 1. The Kier molecular flexibility index (Phi) is 6.03. The van der Waals surface area contributed by atoms with Gasteiger partial charge in [-0.1, -0.05) is 31.5 Å². The molecule has 0 fully saturated rings. The predicted molar refractivity (Wildman–Crippen MR) is 84.1 cm³/mol. The summed E-state index contributed by atoms with van der Waals surface area (Å²) < 4.78 is 0. The Bertz CT molecular complexity index is 532. The van der Waals surface area contributed by atoms with Crippen molar-refractivity contribution in [3.05, 3.63) is 28.8 Å². The predicted octanol–water partition coefficient (Wildman–Crippen LogP) is 3.94. The molecule has 5 nitrogen and oxygen atoms in total. The van der Waals surface area contributed by atoms with Gasteiger partial charge in [0.2, 0.25) is 0 Å². The second-order valence-corrected chi connectivity index (χ2v) is 5.89. The Morgan fingerprint density at radius 2 is 1.95 bits per heavy atom. The van der Waals surface area contributed by atoms with E-state index in [1.807, 2.05) is 6.92 Å². The van der Waals surface area contributed by atoms with Crippen molar-refractivity contribution in [3.8, 4) is 0 Å². The molecule has 6 heteroatoms. The lowest BCUT2D eigenvalue weighted by atomic mass is 10.0. The third kappa shape index (κ3) is 4.63. The number of nitrogens with one attached hydrogen (secondary N) is 1. The van der Waals surface area contributed by atoms with Crippen molar-refractivity contribution in [2.75, 3.05) is 12.4 Å². The number of hydrogen-bond acceptors (Lipinski definition) is 2. The minimum absolute atomic E-state index is 0.0532. The molecule has 0 radical (unpaired) electrons. The lowest BCUT2D eigenvalue weighted by Crippen LogP contribution is -2.39. The maximum Gasteiger partial charge on any atom is 0.339 e. The quantitative estimate of drug-likeness (QED) is 0.865. The van der Waals surface area contributed by atoms with E-state index < -0.39 is 5.97 Å². The molecule has 0 aliphatic carbocycles. The molecule has 0 heterocycles. The number of urea groups is 1. The third-order valence-corrected chi connectivity index (χ3v) is 3.58. The standard InChI is InChI=1S/C15H21ClN2O3/c1-9(2)8-10(3)18(4)15(21)17-12-7-5-6-11(16)13(12)14(19)20/h5-7,9-10H,8H2,1-4H3,(H,17,21)(H,19,20). The average molecular weight is 313 g/mol. The molecule has 0 aromatic heterocycles. The number of amides is 2. The number of nitrogens with zero attached hydrogens (tertiary/aromatic N) is 1. The molecule has 0 aliphatic rings. The van der Waals surface area contributed by atoms with Crippen LogP contribution in [0, 0.1) is 5.92 Å². The first-order valence-electron chi connectivity index (χ1n) is 6.79. The summed E-state index contributed by atoms with van der Waals surface area (Å²) in [4.78, 5) is 25.0. The van der Waals surface area contributed by atoms with Gasteiger partial charge in [-0.05, 0) is 31.4 Å². The summed E-state index contributed by atoms with van der Waals surface area (Å²) in [7, 11) is 1.69. The van der Waals surface area contributed by atoms with Crippen LogP contribution < -0.4 is 5.32 Å². The van der Waals surface area contributed by atoms with Gasteiger partial charge in [0.05, 0.1) is 10.7 Å². The number of benzene rings is 1. The summed E-state index contributed by atoms with van der Waals surface area (Å²) in [6.07, 6.45) is 0.866. The van der Waals surface area contributed by atoms with E-state index in [4.69, 9.17) is 11.6 Å². The molecule has 1 rings (SSSR count). The minimum Gasteiger partial charge on any atom is -0.478 e. The Labute approximate surface area is 129 Å². The van der Waals surface area contributed by atoms with Crippen molar-refractivity contribution in [2.45, 2.75) is 33.2 Å². The van der Waals surface area contributed by atoms with E-state index in [-0.39, 0.29) is 28.3 Å². The third-order valence-electron chi connectivity index (χ3n) is 3.26. The molecule has 0 saturated carbocycles. The molecule has 116 valence electrons. The van der Waals surface area contributed by atoms with Crippen molar-refractivity contribution in [1.82, 2.24) is 4.90 Å². The Morgan fingerprint density at radius 3 is 2.48 bits per heavy atom. The minimum atomic E-state index is -1.17. The highest BCUT2D eigenvalue weighted by atomic mass is 35.5. The van der Waals surface area contributed by atoms with Crippen LogP contribution in [0.2, 0.25) is 5.02 Å². The molecule has 0 spiro atoms. The molecular weight excluding hydrogens is 292 g/mol. The summed E-state index contributed by atoms with van der Waals surface area (Å²) in [6, 6.07) is 4.30. The Hall–Kier alpha value is -1.75. The van der Waals surface area contributed by atoms with E-state index in [0.717, 1.165) is 6.42 Å². The fraction of sp³-hybridized carbons (Fsp3) is 0.467. The number of hydrogen-bond donors (Lipinski definition) is 2. The zero-order valence-electron chi connectivity index (χ0n) is 12.7. The van der Waals surface area contributed by atoms with Crippen LogP contribution in [0.15, 0.2) is 18.2 Å². The zero-order chi connectivity index (χ0) is 16.2. The van der Waals surface area contributed by atoms with E-state index in [0.29, 0.717) is 5.92 Å². The summed E-state index contributed by atoms with van der Waals surface area (Å²) in [5.74, 6) is -0.704. The SMILES string of the molecule is CC(C)CC(C)N(C)C(=O)Nc1cccc(Cl)c1C(=O)O. The first-order valence-corrected chi connectivity index (χ1v) is 7.17. The van der Waals surface area contributed by atoms with Gasteiger partial charge in [-0.15, -0.1) is 0 Å². The molecule has 2 N–H and O–H groups in total. The number of carbonyl (C=O) groups excluding carboxylic acids is 1. The maximum atomic E-state index is 12.2. The smallest absolute Gasteiger partial charge is 0.339 e. The molecule has 21 heavy (non-hydrogen) atoms. The molecule has 2 amide bonds.